The number of aromatic nitrogens is 1. The van der Waals surface area contributed by atoms with Crippen LogP contribution >= 0.6 is 11.3 Å². The Morgan fingerprint density at radius 3 is 2.76 bits per heavy atom. The molecule has 1 N–H and O–H groups in total. The third-order valence-corrected chi connectivity index (χ3v) is 4.22. The molecule has 1 saturated carbocycles. The minimum absolute atomic E-state index is 0.560. The summed E-state index contributed by atoms with van der Waals surface area (Å²) in [5, 5.41) is 4.55. The molecule has 1 atom stereocenters. The second-order valence-corrected chi connectivity index (χ2v) is 5.70. The summed E-state index contributed by atoms with van der Waals surface area (Å²) >= 11 is 1.74. The molecule has 3 heteroatoms. The molecule has 1 aromatic carbocycles. The first kappa shape index (κ1) is 10.8. The van der Waals surface area contributed by atoms with E-state index in [-0.39, 0.29) is 0 Å². The molecule has 88 valence electrons. The van der Waals surface area contributed by atoms with Gasteiger partial charge in [0.05, 0.1) is 4.88 Å². The van der Waals surface area contributed by atoms with Crippen LogP contribution in [0.3, 0.4) is 0 Å². The number of nitrogens with one attached hydrogen (secondary N) is 1. The average Bonchev–Trinajstić information content (AvgIpc) is 3.12. The quantitative estimate of drug-likeness (QED) is 0.878. The first-order chi connectivity index (χ1) is 8.33. The van der Waals surface area contributed by atoms with E-state index >= 15 is 0 Å². The van der Waals surface area contributed by atoms with Crippen molar-refractivity contribution in [2.24, 2.45) is 5.92 Å². The first-order valence-corrected chi connectivity index (χ1v) is 6.92. The number of rotatable bonds is 4. The van der Waals surface area contributed by atoms with Gasteiger partial charge in [0.2, 0.25) is 0 Å². The van der Waals surface area contributed by atoms with E-state index in [9.17, 15) is 0 Å². The topological polar surface area (TPSA) is 24.9 Å². The van der Waals surface area contributed by atoms with Crippen molar-refractivity contribution in [3.63, 3.8) is 0 Å². The van der Waals surface area contributed by atoms with Crippen molar-refractivity contribution in [2.75, 3.05) is 5.32 Å². The summed E-state index contributed by atoms with van der Waals surface area (Å²) in [5.74, 6) is 0.860. The number of thiazole rings is 1. The third-order valence-electron chi connectivity index (χ3n) is 3.24. The summed E-state index contributed by atoms with van der Waals surface area (Å²) in [6.07, 6.45) is 4.69. The number of anilines is 1. The van der Waals surface area contributed by atoms with Gasteiger partial charge in [-0.3, -0.25) is 0 Å². The predicted octanol–water partition coefficient (Wildman–Crippen LogP) is 4.02. The highest BCUT2D eigenvalue weighted by Gasteiger charge is 2.28. The highest BCUT2D eigenvalue weighted by Crippen LogP contribution is 2.35. The van der Waals surface area contributed by atoms with Gasteiger partial charge in [-0.05, 0) is 31.2 Å². The molecule has 0 saturated heterocycles. The third kappa shape index (κ3) is 2.50. The van der Waals surface area contributed by atoms with Crippen molar-refractivity contribution in [1.82, 2.24) is 4.98 Å². The zero-order valence-electron chi connectivity index (χ0n) is 9.89. The molecule has 0 amide bonds. The van der Waals surface area contributed by atoms with Crippen LogP contribution in [0.2, 0.25) is 0 Å². The van der Waals surface area contributed by atoms with Crippen molar-refractivity contribution in [1.29, 1.82) is 0 Å². The van der Waals surface area contributed by atoms with Gasteiger partial charge in [-0.25, -0.2) is 4.98 Å². The predicted molar refractivity (Wildman–Crippen MR) is 73.4 cm³/mol. The Bertz CT molecular complexity index is 488. The van der Waals surface area contributed by atoms with Gasteiger partial charge in [0.25, 0.3) is 0 Å². The lowest BCUT2D eigenvalue weighted by atomic mass is 10.2. The zero-order chi connectivity index (χ0) is 11.7. The van der Waals surface area contributed by atoms with Crippen LogP contribution in [0.25, 0.3) is 10.4 Å². The van der Waals surface area contributed by atoms with Crippen molar-refractivity contribution in [3.05, 3.63) is 36.5 Å². The molecule has 17 heavy (non-hydrogen) atoms. The fourth-order valence-electron chi connectivity index (χ4n) is 1.99. The second-order valence-electron chi connectivity index (χ2n) is 4.67. The lowest BCUT2D eigenvalue weighted by Gasteiger charge is -2.10. The Hall–Kier alpha value is -1.35. The van der Waals surface area contributed by atoms with Gasteiger partial charge >= 0.3 is 0 Å². The molecule has 1 heterocycles. The Labute approximate surface area is 106 Å². The number of hydrogen-bond donors (Lipinski definition) is 1. The Morgan fingerprint density at radius 1 is 1.29 bits per heavy atom. The monoisotopic (exact) mass is 244 g/mol. The van der Waals surface area contributed by atoms with Gasteiger partial charge in [-0.15, -0.1) is 0 Å². The summed E-state index contributed by atoms with van der Waals surface area (Å²) in [5.41, 5.74) is 1.25. The maximum atomic E-state index is 4.45. The molecule has 0 aliphatic heterocycles. The lowest BCUT2D eigenvalue weighted by Crippen LogP contribution is -2.16. The SMILES string of the molecule is CC(Nc1ncc(-c2ccccc2)s1)C1CC1. The van der Waals surface area contributed by atoms with Crippen LogP contribution in [-0.2, 0) is 0 Å². The maximum Gasteiger partial charge on any atom is 0.183 e. The zero-order valence-corrected chi connectivity index (χ0v) is 10.7. The van der Waals surface area contributed by atoms with Crippen LogP contribution in [-0.4, -0.2) is 11.0 Å². The van der Waals surface area contributed by atoms with E-state index in [0.717, 1.165) is 11.0 Å². The number of benzene rings is 1. The lowest BCUT2D eigenvalue weighted by molar-refractivity contribution is 0.693. The second kappa shape index (κ2) is 4.49. The molecule has 2 aromatic rings. The van der Waals surface area contributed by atoms with E-state index in [0.29, 0.717) is 6.04 Å². The maximum absolute atomic E-state index is 4.45. The van der Waals surface area contributed by atoms with E-state index in [4.69, 9.17) is 0 Å². The van der Waals surface area contributed by atoms with Crippen molar-refractivity contribution < 1.29 is 0 Å². The standard InChI is InChI=1S/C14H16N2S/c1-10(11-7-8-11)16-14-15-9-13(17-14)12-5-3-2-4-6-12/h2-6,9-11H,7-8H2,1H3,(H,15,16). The van der Waals surface area contributed by atoms with Gasteiger partial charge in [0, 0.05) is 12.2 Å². The fraction of sp³-hybridized carbons (Fsp3) is 0.357. The highest BCUT2D eigenvalue weighted by molar-refractivity contribution is 7.18. The Kier molecular flexibility index (Phi) is 2.85. The van der Waals surface area contributed by atoms with Crippen LogP contribution in [0, 0.1) is 5.92 Å². The molecular formula is C14H16N2S. The Morgan fingerprint density at radius 2 is 2.06 bits per heavy atom. The van der Waals surface area contributed by atoms with Gasteiger partial charge < -0.3 is 5.32 Å². The molecule has 1 aliphatic rings. The molecule has 0 bridgehead atoms. The highest BCUT2D eigenvalue weighted by atomic mass is 32.1. The van der Waals surface area contributed by atoms with E-state index < -0.39 is 0 Å². The van der Waals surface area contributed by atoms with Crippen molar-refractivity contribution in [2.45, 2.75) is 25.8 Å². The van der Waals surface area contributed by atoms with Gasteiger partial charge in [0.1, 0.15) is 0 Å². The summed E-state index contributed by atoms with van der Waals surface area (Å²) in [6.45, 7) is 2.25. The van der Waals surface area contributed by atoms with Crippen LogP contribution in [0.15, 0.2) is 36.5 Å². The minimum Gasteiger partial charge on any atom is -0.359 e. The average molecular weight is 244 g/mol. The van der Waals surface area contributed by atoms with Gasteiger partial charge in [0.15, 0.2) is 5.13 Å². The van der Waals surface area contributed by atoms with Crippen molar-refractivity contribution in [3.8, 4) is 10.4 Å². The fourth-order valence-corrected chi connectivity index (χ4v) is 2.90. The largest absolute Gasteiger partial charge is 0.359 e. The Balaban J connectivity index is 1.74. The van der Waals surface area contributed by atoms with E-state index in [1.165, 1.54) is 23.3 Å². The number of nitrogens with zero attached hydrogens (tertiary/aromatic N) is 1. The van der Waals surface area contributed by atoms with Crippen LogP contribution in [0.4, 0.5) is 5.13 Å². The minimum atomic E-state index is 0.560. The molecule has 1 aromatic heterocycles. The summed E-state index contributed by atoms with van der Waals surface area (Å²) < 4.78 is 0. The molecule has 1 fully saturated rings. The van der Waals surface area contributed by atoms with E-state index in [2.05, 4.69) is 41.5 Å². The van der Waals surface area contributed by atoms with E-state index in [1.54, 1.807) is 11.3 Å². The summed E-state index contributed by atoms with van der Waals surface area (Å²) in [4.78, 5) is 5.68. The summed E-state index contributed by atoms with van der Waals surface area (Å²) in [6, 6.07) is 11.0. The van der Waals surface area contributed by atoms with Crippen LogP contribution in [0.5, 0.6) is 0 Å². The van der Waals surface area contributed by atoms with Gasteiger partial charge in [-0.2, -0.15) is 0 Å². The molecule has 2 nitrogen and oxygen atoms in total. The molecule has 1 aliphatic carbocycles. The molecule has 0 spiro atoms. The van der Waals surface area contributed by atoms with E-state index in [1.807, 2.05) is 12.3 Å². The van der Waals surface area contributed by atoms with Crippen LogP contribution in [0.1, 0.15) is 19.8 Å². The molecule has 1 unspecified atom stereocenters. The molecule has 3 rings (SSSR count). The van der Waals surface area contributed by atoms with Crippen molar-refractivity contribution >= 4 is 16.5 Å². The van der Waals surface area contributed by atoms with Crippen LogP contribution < -0.4 is 5.32 Å². The normalized spacial score (nSPS) is 16.8. The van der Waals surface area contributed by atoms with Gasteiger partial charge in [-0.1, -0.05) is 41.7 Å². The molecule has 0 radical (unpaired) electrons. The summed E-state index contributed by atoms with van der Waals surface area (Å²) in [7, 11) is 0. The smallest absolute Gasteiger partial charge is 0.183 e. The first-order valence-electron chi connectivity index (χ1n) is 6.11. The number of hydrogen-bond acceptors (Lipinski definition) is 3. The molecular weight excluding hydrogens is 228 g/mol.